The van der Waals surface area contributed by atoms with Crippen molar-refractivity contribution >= 4 is 19.7 Å². The van der Waals surface area contributed by atoms with Gasteiger partial charge in [-0.05, 0) is 19.3 Å². The topological polar surface area (TPSA) is 52.6 Å². The van der Waals surface area contributed by atoms with E-state index in [4.69, 9.17) is 20.2 Å². The standard InChI is InChI=1S/C8H13ClO4S/c9-14(10,11)5-7-4-12-6-8(13-7)2-1-3-8/h7H,1-6H2. The molecule has 2 fully saturated rings. The van der Waals surface area contributed by atoms with Gasteiger partial charge in [0.2, 0.25) is 9.05 Å². The minimum Gasteiger partial charge on any atom is -0.376 e. The molecule has 4 nitrogen and oxygen atoms in total. The maximum Gasteiger partial charge on any atom is 0.235 e. The quantitative estimate of drug-likeness (QED) is 0.673. The first-order valence-electron chi connectivity index (χ1n) is 4.67. The zero-order chi connectivity index (χ0) is 10.2. The highest BCUT2D eigenvalue weighted by atomic mass is 35.7. The van der Waals surface area contributed by atoms with Crippen molar-refractivity contribution < 1.29 is 17.9 Å². The normalized spacial score (nSPS) is 31.4. The van der Waals surface area contributed by atoms with Gasteiger partial charge in [-0.25, -0.2) is 8.42 Å². The molecule has 1 heterocycles. The Morgan fingerprint density at radius 3 is 2.64 bits per heavy atom. The van der Waals surface area contributed by atoms with Crippen LogP contribution in [0.2, 0.25) is 0 Å². The van der Waals surface area contributed by atoms with Crippen LogP contribution in [0.25, 0.3) is 0 Å². The van der Waals surface area contributed by atoms with E-state index in [-0.39, 0.29) is 11.4 Å². The third-order valence-corrected chi connectivity index (χ3v) is 3.88. The lowest BCUT2D eigenvalue weighted by atomic mass is 9.80. The van der Waals surface area contributed by atoms with Crippen LogP contribution in [0.5, 0.6) is 0 Å². The van der Waals surface area contributed by atoms with E-state index in [0.29, 0.717) is 13.2 Å². The molecule has 1 aliphatic heterocycles. The highest BCUT2D eigenvalue weighted by Gasteiger charge is 2.43. The molecule has 2 aliphatic rings. The SMILES string of the molecule is O=S(=O)(Cl)CC1COCC2(CCC2)O1. The monoisotopic (exact) mass is 240 g/mol. The lowest BCUT2D eigenvalue weighted by Crippen LogP contribution is -2.53. The van der Waals surface area contributed by atoms with Crippen molar-refractivity contribution in [3.8, 4) is 0 Å². The van der Waals surface area contributed by atoms with Crippen molar-refractivity contribution in [3.63, 3.8) is 0 Å². The van der Waals surface area contributed by atoms with Gasteiger partial charge in [-0.3, -0.25) is 0 Å². The molecule has 1 unspecified atom stereocenters. The van der Waals surface area contributed by atoms with E-state index >= 15 is 0 Å². The van der Waals surface area contributed by atoms with Crippen LogP contribution in [0.3, 0.4) is 0 Å². The molecule has 1 saturated carbocycles. The first-order chi connectivity index (χ1) is 6.49. The Kier molecular flexibility index (Phi) is 2.76. The zero-order valence-corrected chi connectivity index (χ0v) is 9.31. The van der Waals surface area contributed by atoms with Crippen molar-refractivity contribution in [1.29, 1.82) is 0 Å². The predicted octanol–water partition coefficient (Wildman–Crippen LogP) is 0.893. The van der Waals surface area contributed by atoms with Gasteiger partial charge in [-0.1, -0.05) is 0 Å². The summed E-state index contributed by atoms with van der Waals surface area (Å²) in [4.78, 5) is 0. The molecule has 14 heavy (non-hydrogen) atoms. The fourth-order valence-electron chi connectivity index (χ4n) is 1.94. The molecular weight excluding hydrogens is 228 g/mol. The van der Waals surface area contributed by atoms with E-state index in [1.54, 1.807) is 0 Å². The third kappa shape index (κ3) is 2.39. The molecule has 2 rings (SSSR count). The number of ether oxygens (including phenoxy) is 2. The van der Waals surface area contributed by atoms with E-state index in [1.165, 1.54) is 0 Å². The Morgan fingerprint density at radius 1 is 1.43 bits per heavy atom. The molecule has 1 saturated heterocycles. The molecule has 0 bridgehead atoms. The zero-order valence-electron chi connectivity index (χ0n) is 7.74. The van der Waals surface area contributed by atoms with Crippen molar-refractivity contribution in [3.05, 3.63) is 0 Å². The summed E-state index contributed by atoms with van der Waals surface area (Å²) in [5.74, 6) is -0.156. The molecule has 0 N–H and O–H groups in total. The molecule has 0 aromatic heterocycles. The Hall–Kier alpha value is 0.160. The summed E-state index contributed by atoms with van der Waals surface area (Å²) in [5.41, 5.74) is -0.204. The average Bonchev–Trinajstić information content (AvgIpc) is 1.99. The Balaban J connectivity index is 1.94. The van der Waals surface area contributed by atoms with E-state index in [1.807, 2.05) is 0 Å². The van der Waals surface area contributed by atoms with Gasteiger partial charge in [0, 0.05) is 10.7 Å². The molecule has 0 radical (unpaired) electrons. The van der Waals surface area contributed by atoms with Crippen LogP contribution in [0.1, 0.15) is 19.3 Å². The van der Waals surface area contributed by atoms with Crippen molar-refractivity contribution in [2.24, 2.45) is 0 Å². The first kappa shape index (κ1) is 10.7. The van der Waals surface area contributed by atoms with Crippen molar-refractivity contribution in [2.75, 3.05) is 19.0 Å². The smallest absolute Gasteiger partial charge is 0.235 e. The minimum absolute atomic E-state index is 0.156. The number of rotatable bonds is 2. The van der Waals surface area contributed by atoms with Crippen LogP contribution in [0.15, 0.2) is 0 Å². The van der Waals surface area contributed by atoms with Crippen molar-refractivity contribution in [1.82, 2.24) is 0 Å². The fraction of sp³-hybridized carbons (Fsp3) is 1.00. The van der Waals surface area contributed by atoms with Gasteiger partial charge in [-0.15, -0.1) is 0 Å². The number of hydrogen-bond acceptors (Lipinski definition) is 4. The Morgan fingerprint density at radius 2 is 2.14 bits per heavy atom. The molecular formula is C8H13ClO4S. The first-order valence-corrected chi connectivity index (χ1v) is 7.15. The van der Waals surface area contributed by atoms with Gasteiger partial charge < -0.3 is 9.47 Å². The molecule has 82 valence electrons. The van der Waals surface area contributed by atoms with E-state index in [2.05, 4.69) is 0 Å². The molecule has 0 aromatic rings. The highest BCUT2D eigenvalue weighted by Crippen LogP contribution is 2.39. The molecule has 1 atom stereocenters. The van der Waals surface area contributed by atoms with Crippen LogP contribution in [-0.4, -0.2) is 39.1 Å². The predicted molar refractivity (Wildman–Crippen MR) is 51.9 cm³/mol. The summed E-state index contributed by atoms with van der Waals surface area (Å²) in [7, 11) is 1.67. The highest BCUT2D eigenvalue weighted by molar-refractivity contribution is 8.13. The molecule has 6 heteroatoms. The van der Waals surface area contributed by atoms with Crippen LogP contribution < -0.4 is 0 Å². The van der Waals surface area contributed by atoms with Gasteiger partial charge >= 0.3 is 0 Å². The van der Waals surface area contributed by atoms with Gasteiger partial charge in [0.25, 0.3) is 0 Å². The van der Waals surface area contributed by atoms with Gasteiger partial charge in [0.1, 0.15) is 0 Å². The van der Waals surface area contributed by atoms with Crippen LogP contribution in [0.4, 0.5) is 0 Å². The summed E-state index contributed by atoms with van der Waals surface area (Å²) in [6, 6.07) is 0. The van der Waals surface area contributed by atoms with Gasteiger partial charge in [-0.2, -0.15) is 0 Å². The van der Waals surface area contributed by atoms with Gasteiger partial charge in [0.05, 0.1) is 30.7 Å². The van der Waals surface area contributed by atoms with Gasteiger partial charge in [0.15, 0.2) is 0 Å². The number of halogens is 1. The second-order valence-corrected chi connectivity index (χ2v) is 6.82. The Bertz CT molecular complexity index is 309. The van der Waals surface area contributed by atoms with E-state index in [0.717, 1.165) is 19.3 Å². The largest absolute Gasteiger partial charge is 0.376 e. The maximum absolute atomic E-state index is 10.8. The maximum atomic E-state index is 10.8. The summed E-state index contributed by atoms with van der Waals surface area (Å²) in [5, 5.41) is 0. The second kappa shape index (κ2) is 3.63. The summed E-state index contributed by atoms with van der Waals surface area (Å²) in [6.07, 6.45) is 2.66. The van der Waals surface area contributed by atoms with Crippen LogP contribution in [-0.2, 0) is 18.5 Å². The third-order valence-electron chi connectivity index (χ3n) is 2.74. The van der Waals surface area contributed by atoms with E-state index < -0.39 is 15.2 Å². The lowest BCUT2D eigenvalue weighted by Gasteiger charge is -2.46. The molecule has 1 aliphatic carbocycles. The number of hydrogen-bond donors (Lipinski definition) is 0. The summed E-state index contributed by atoms with van der Waals surface area (Å²) in [6.45, 7) is 0.916. The minimum atomic E-state index is -3.49. The average molecular weight is 241 g/mol. The fourth-order valence-corrected chi connectivity index (χ4v) is 2.97. The molecule has 1 spiro atoms. The lowest BCUT2D eigenvalue weighted by molar-refractivity contribution is -0.222. The Labute approximate surface area is 87.9 Å². The summed E-state index contributed by atoms with van der Waals surface area (Å²) >= 11 is 0. The van der Waals surface area contributed by atoms with Crippen molar-refractivity contribution in [2.45, 2.75) is 31.0 Å². The van der Waals surface area contributed by atoms with Crippen LogP contribution >= 0.6 is 10.7 Å². The molecule has 0 amide bonds. The van der Waals surface area contributed by atoms with Crippen LogP contribution in [0, 0.1) is 0 Å². The molecule has 0 aromatic carbocycles. The summed E-state index contributed by atoms with van der Waals surface area (Å²) < 4.78 is 32.7. The second-order valence-electron chi connectivity index (χ2n) is 4.00. The van der Waals surface area contributed by atoms with E-state index in [9.17, 15) is 8.42 Å².